The molecule has 2 rings (SSSR count). The first kappa shape index (κ1) is 11.7. The summed E-state index contributed by atoms with van der Waals surface area (Å²) in [6, 6.07) is 16.9. The molecule has 1 atom stereocenters. The second-order valence-electron chi connectivity index (χ2n) is 5.50. The first-order chi connectivity index (χ1) is 8.04. The maximum absolute atomic E-state index is 9.42. The Labute approximate surface area is 103 Å². The van der Waals surface area contributed by atoms with Gasteiger partial charge in [-0.2, -0.15) is 5.26 Å². The van der Waals surface area contributed by atoms with Gasteiger partial charge in [0.05, 0.1) is 12.0 Å². The molecule has 0 bridgehead atoms. The number of benzene rings is 2. The van der Waals surface area contributed by atoms with E-state index in [0.717, 1.165) is 5.56 Å². The molecule has 0 radical (unpaired) electrons. The van der Waals surface area contributed by atoms with Gasteiger partial charge in [0.2, 0.25) is 0 Å². The van der Waals surface area contributed by atoms with E-state index in [4.69, 9.17) is 0 Å². The minimum atomic E-state index is -0.0754. The van der Waals surface area contributed by atoms with Crippen LogP contribution in [0.25, 0.3) is 10.8 Å². The van der Waals surface area contributed by atoms with Crippen LogP contribution in [0.2, 0.25) is 0 Å². The van der Waals surface area contributed by atoms with Gasteiger partial charge in [0.25, 0.3) is 0 Å². The third kappa shape index (κ3) is 2.17. The van der Waals surface area contributed by atoms with Crippen molar-refractivity contribution in [2.75, 3.05) is 0 Å². The zero-order valence-corrected chi connectivity index (χ0v) is 10.6. The molecule has 0 aromatic heterocycles. The third-order valence-electron chi connectivity index (χ3n) is 3.13. The van der Waals surface area contributed by atoms with E-state index in [1.807, 2.05) is 18.2 Å². The van der Waals surface area contributed by atoms with E-state index in [-0.39, 0.29) is 11.3 Å². The number of nitriles is 1. The molecule has 2 aromatic rings. The average Bonchev–Trinajstić information content (AvgIpc) is 2.28. The van der Waals surface area contributed by atoms with E-state index in [2.05, 4.69) is 51.1 Å². The molecule has 0 saturated heterocycles. The highest BCUT2D eigenvalue weighted by Crippen LogP contribution is 2.37. The number of nitrogens with zero attached hydrogens (tertiary/aromatic N) is 1. The molecule has 86 valence electrons. The van der Waals surface area contributed by atoms with Crippen molar-refractivity contribution in [2.24, 2.45) is 5.41 Å². The molecule has 2 aromatic carbocycles. The van der Waals surface area contributed by atoms with Crippen LogP contribution in [0.15, 0.2) is 42.5 Å². The normalized spacial score (nSPS) is 13.3. The number of rotatable bonds is 1. The Kier molecular flexibility index (Phi) is 2.90. The standard InChI is InChI=1S/C16H17N/c1-16(2,3)15(11-17)14-10-6-8-12-7-4-5-9-13(12)14/h4-10,15H,1-3H3. The summed E-state index contributed by atoms with van der Waals surface area (Å²) < 4.78 is 0. The van der Waals surface area contributed by atoms with E-state index >= 15 is 0 Å². The summed E-state index contributed by atoms with van der Waals surface area (Å²) in [5, 5.41) is 11.8. The lowest BCUT2D eigenvalue weighted by atomic mass is 9.76. The average molecular weight is 223 g/mol. The van der Waals surface area contributed by atoms with Crippen LogP contribution in [0.3, 0.4) is 0 Å². The van der Waals surface area contributed by atoms with Gasteiger partial charge in [0, 0.05) is 0 Å². The van der Waals surface area contributed by atoms with Gasteiger partial charge < -0.3 is 0 Å². The summed E-state index contributed by atoms with van der Waals surface area (Å²) in [5.74, 6) is -0.0754. The third-order valence-corrected chi connectivity index (χ3v) is 3.13. The molecule has 17 heavy (non-hydrogen) atoms. The fraction of sp³-hybridized carbons (Fsp3) is 0.312. The van der Waals surface area contributed by atoms with Crippen LogP contribution < -0.4 is 0 Å². The van der Waals surface area contributed by atoms with Crippen LogP contribution in [0.5, 0.6) is 0 Å². The van der Waals surface area contributed by atoms with Crippen molar-refractivity contribution in [1.82, 2.24) is 0 Å². The zero-order chi connectivity index (χ0) is 12.5. The Morgan fingerprint density at radius 2 is 1.65 bits per heavy atom. The summed E-state index contributed by atoms with van der Waals surface area (Å²) >= 11 is 0. The molecule has 0 spiro atoms. The van der Waals surface area contributed by atoms with Gasteiger partial charge in [-0.3, -0.25) is 0 Å². The molecular weight excluding hydrogens is 206 g/mol. The van der Waals surface area contributed by atoms with Gasteiger partial charge in [-0.05, 0) is 21.8 Å². The smallest absolute Gasteiger partial charge is 0.0767 e. The predicted molar refractivity (Wildman–Crippen MR) is 71.8 cm³/mol. The van der Waals surface area contributed by atoms with Crippen molar-refractivity contribution in [3.05, 3.63) is 48.0 Å². The first-order valence-electron chi connectivity index (χ1n) is 5.91. The minimum absolute atomic E-state index is 0.0428. The first-order valence-corrected chi connectivity index (χ1v) is 5.91. The number of hydrogen-bond donors (Lipinski definition) is 0. The van der Waals surface area contributed by atoms with E-state index < -0.39 is 0 Å². The molecular formula is C16H17N. The zero-order valence-electron chi connectivity index (χ0n) is 10.6. The maximum Gasteiger partial charge on any atom is 0.0767 e. The molecule has 0 aliphatic rings. The number of fused-ring (bicyclic) bond motifs is 1. The molecule has 0 heterocycles. The summed E-state index contributed by atoms with van der Waals surface area (Å²) in [6.45, 7) is 6.34. The maximum atomic E-state index is 9.42. The van der Waals surface area contributed by atoms with Crippen molar-refractivity contribution in [3.63, 3.8) is 0 Å². The Morgan fingerprint density at radius 3 is 2.29 bits per heavy atom. The van der Waals surface area contributed by atoms with Crippen molar-refractivity contribution >= 4 is 10.8 Å². The van der Waals surface area contributed by atoms with Gasteiger partial charge in [-0.25, -0.2) is 0 Å². The Morgan fingerprint density at radius 1 is 1.00 bits per heavy atom. The lowest BCUT2D eigenvalue weighted by Gasteiger charge is -2.26. The highest BCUT2D eigenvalue weighted by molar-refractivity contribution is 5.86. The molecule has 0 amide bonds. The van der Waals surface area contributed by atoms with E-state index in [1.54, 1.807) is 0 Å². The van der Waals surface area contributed by atoms with Crippen LogP contribution >= 0.6 is 0 Å². The van der Waals surface area contributed by atoms with E-state index in [0.29, 0.717) is 0 Å². The van der Waals surface area contributed by atoms with Crippen LogP contribution in [0.1, 0.15) is 32.3 Å². The molecule has 0 aliphatic carbocycles. The van der Waals surface area contributed by atoms with Crippen molar-refractivity contribution in [2.45, 2.75) is 26.7 Å². The summed E-state index contributed by atoms with van der Waals surface area (Å²) in [7, 11) is 0. The molecule has 1 unspecified atom stereocenters. The van der Waals surface area contributed by atoms with Crippen LogP contribution in [0, 0.1) is 16.7 Å². The van der Waals surface area contributed by atoms with E-state index in [9.17, 15) is 5.26 Å². The van der Waals surface area contributed by atoms with Gasteiger partial charge in [-0.15, -0.1) is 0 Å². The highest BCUT2D eigenvalue weighted by atomic mass is 14.4. The van der Waals surface area contributed by atoms with Gasteiger partial charge >= 0.3 is 0 Å². The van der Waals surface area contributed by atoms with Gasteiger partial charge in [0.1, 0.15) is 0 Å². The predicted octanol–water partition coefficient (Wildman–Crippen LogP) is 4.49. The van der Waals surface area contributed by atoms with Crippen LogP contribution in [0.4, 0.5) is 0 Å². The van der Waals surface area contributed by atoms with Crippen LogP contribution in [-0.4, -0.2) is 0 Å². The molecule has 0 saturated carbocycles. The van der Waals surface area contributed by atoms with Crippen molar-refractivity contribution < 1.29 is 0 Å². The summed E-state index contributed by atoms with van der Waals surface area (Å²) in [4.78, 5) is 0. The topological polar surface area (TPSA) is 23.8 Å². The fourth-order valence-corrected chi connectivity index (χ4v) is 2.23. The molecule has 0 fully saturated rings. The fourth-order valence-electron chi connectivity index (χ4n) is 2.23. The Balaban J connectivity index is 2.67. The summed E-state index contributed by atoms with van der Waals surface area (Å²) in [6.07, 6.45) is 0. The van der Waals surface area contributed by atoms with Crippen molar-refractivity contribution in [3.8, 4) is 6.07 Å². The van der Waals surface area contributed by atoms with Crippen LogP contribution in [-0.2, 0) is 0 Å². The second kappa shape index (κ2) is 4.22. The monoisotopic (exact) mass is 223 g/mol. The molecule has 0 N–H and O–H groups in total. The lowest BCUT2D eigenvalue weighted by Crippen LogP contribution is -2.17. The Bertz CT molecular complexity index is 565. The lowest BCUT2D eigenvalue weighted by molar-refractivity contribution is 0.374. The van der Waals surface area contributed by atoms with Gasteiger partial charge in [-0.1, -0.05) is 63.2 Å². The largest absolute Gasteiger partial charge is 0.198 e. The number of hydrogen-bond acceptors (Lipinski definition) is 1. The SMILES string of the molecule is CC(C)(C)C(C#N)c1cccc2ccccc12. The van der Waals surface area contributed by atoms with Crippen molar-refractivity contribution in [1.29, 1.82) is 5.26 Å². The van der Waals surface area contributed by atoms with Gasteiger partial charge in [0.15, 0.2) is 0 Å². The molecule has 1 heteroatoms. The Hall–Kier alpha value is -1.81. The van der Waals surface area contributed by atoms with E-state index in [1.165, 1.54) is 10.8 Å². The minimum Gasteiger partial charge on any atom is -0.198 e. The molecule has 0 aliphatic heterocycles. The highest BCUT2D eigenvalue weighted by Gasteiger charge is 2.27. The molecule has 1 nitrogen and oxygen atoms in total. The quantitative estimate of drug-likeness (QED) is 0.698. The summed E-state index contributed by atoms with van der Waals surface area (Å²) in [5.41, 5.74) is 1.09. The second-order valence-corrected chi connectivity index (χ2v) is 5.50.